The third-order valence-corrected chi connectivity index (χ3v) is 8.60. The molecular weight excluding hydrogens is 549 g/mol. The maximum atomic E-state index is 13.6. The third-order valence-electron chi connectivity index (χ3n) is 6.68. The number of amides is 2. The molecule has 1 fully saturated rings. The van der Waals surface area contributed by atoms with Gasteiger partial charge in [0.15, 0.2) is 6.61 Å². The Labute approximate surface area is 239 Å². The molecule has 0 radical (unpaired) electrons. The van der Waals surface area contributed by atoms with Crippen molar-refractivity contribution in [2.24, 2.45) is 0 Å². The van der Waals surface area contributed by atoms with E-state index < -0.39 is 27.8 Å². The summed E-state index contributed by atoms with van der Waals surface area (Å²) in [5, 5.41) is 2.81. The topological polar surface area (TPSA) is 105 Å². The second kappa shape index (κ2) is 14.2. The number of ether oxygens (including phenoxy) is 2. The number of hydrogen-bond acceptors (Lipinski definition) is 6. The SMILES string of the molecule is CCNC(=O)[C@@H](Cc1ccccc1)N(Cc1ccc(F)cc1)C(=O)COc1ccc(S(=O)(=O)N2CCOCC2)cc1. The van der Waals surface area contributed by atoms with Crippen LogP contribution in [-0.4, -0.2) is 74.9 Å². The van der Waals surface area contributed by atoms with Crippen LogP contribution in [0.25, 0.3) is 0 Å². The minimum Gasteiger partial charge on any atom is -0.484 e. The molecular formula is C30H34FN3O6S. The van der Waals surface area contributed by atoms with Gasteiger partial charge >= 0.3 is 0 Å². The van der Waals surface area contributed by atoms with Gasteiger partial charge in [-0.1, -0.05) is 42.5 Å². The van der Waals surface area contributed by atoms with Crippen molar-refractivity contribution in [1.82, 2.24) is 14.5 Å². The summed E-state index contributed by atoms with van der Waals surface area (Å²) in [5.74, 6) is -0.867. The highest BCUT2D eigenvalue weighted by atomic mass is 32.2. The normalized spacial score (nSPS) is 14.7. The van der Waals surface area contributed by atoms with Crippen molar-refractivity contribution in [2.45, 2.75) is 30.8 Å². The average molecular weight is 584 g/mol. The lowest BCUT2D eigenvalue weighted by molar-refractivity contribution is -0.142. The number of halogens is 1. The summed E-state index contributed by atoms with van der Waals surface area (Å²) < 4.78 is 51.7. The summed E-state index contributed by atoms with van der Waals surface area (Å²) in [6.45, 7) is 3.13. The molecule has 2 amide bonds. The maximum absolute atomic E-state index is 13.6. The largest absolute Gasteiger partial charge is 0.484 e. The lowest BCUT2D eigenvalue weighted by atomic mass is 10.0. The molecule has 9 nitrogen and oxygen atoms in total. The molecule has 0 aliphatic carbocycles. The molecule has 11 heteroatoms. The predicted octanol–water partition coefficient (Wildman–Crippen LogP) is 3.00. The standard InChI is InChI=1S/C30H34FN3O6S/c1-2-32-30(36)28(20-23-6-4-3-5-7-23)34(21-24-8-10-25(31)11-9-24)29(35)22-40-26-12-14-27(15-13-26)41(37,38)33-16-18-39-19-17-33/h3-15,28H,2,16-22H2,1H3,(H,32,36)/t28-/m1/s1. The molecule has 0 spiro atoms. The van der Waals surface area contributed by atoms with E-state index in [9.17, 15) is 22.4 Å². The summed E-state index contributed by atoms with van der Waals surface area (Å²) in [6, 6.07) is 20.1. The Kier molecular flexibility index (Phi) is 10.4. The summed E-state index contributed by atoms with van der Waals surface area (Å²) in [7, 11) is -3.67. The van der Waals surface area contributed by atoms with Crippen molar-refractivity contribution in [2.75, 3.05) is 39.5 Å². The van der Waals surface area contributed by atoms with Gasteiger partial charge in [-0.05, 0) is 54.4 Å². The minimum atomic E-state index is -3.67. The van der Waals surface area contributed by atoms with Crippen LogP contribution in [0, 0.1) is 5.82 Å². The second-order valence-electron chi connectivity index (χ2n) is 9.52. The Balaban J connectivity index is 1.52. The van der Waals surface area contributed by atoms with Gasteiger partial charge in [0.1, 0.15) is 17.6 Å². The number of benzene rings is 3. The first-order chi connectivity index (χ1) is 19.8. The fourth-order valence-corrected chi connectivity index (χ4v) is 5.91. The van der Waals surface area contributed by atoms with Gasteiger partial charge in [-0.25, -0.2) is 12.8 Å². The van der Waals surface area contributed by atoms with Crippen LogP contribution in [0.15, 0.2) is 83.8 Å². The molecule has 1 atom stereocenters. The fraction of sp³-hybridized carbons (Fsp3) is 0.333. The van der Waals surface area contributed by atoms with Crippen molar-refractivity contribution in [3.8, 4) is 5.75 Å². The van der Waals surface area contributed by atoms with Crippen LogP contribution in [-0.2, 0) is 37.3 Å². The molecule has 1 heterocycles. The quantitative estimate of drug-likeness (QED) is 0.352. The van der Waals surface area contributed by atoms with Crippen LogP contribution in [0.2, 0.25) is 0 Å². The Morgan fingerprint density at radius 2 is 1.63 bits per heavy atom. The van der Waals surface area contributed by atoms with Crippen molar-refractivity contribution < 1.29 is 31.9 Å². The smallest absolute Gasteiger partial charge is 0.261 e. The van der Waals surface area contributed by atoms with Crippen molar-refractivity contribution in [3.63, 3.8) is 0 Å². The molecule has 0 aromatic heterocycles. The number of nitrogens with one attached hydrogen (secondary N) is 1. The van der Waals surface area contributed by atoms with Crippen LogP contribution in [0.3, 0.4) is 0 Å². The first-order valence-corrected chi connectivity index (χ1v) is 14.9. The molecule has 1 N–H and O–H groups in total. The van der Waals surface area contributed by atoms with Gasteiger partial charge in [-0.3, -0.25) is 9.59 Å². The molecule has 1 saturated heterocycles. The van der Waals surface area contributed by atoms with E-state index in [-0.39, 0.29) is 43.5 Å². The Hall–Kier alpha value is -3.80. The molecule has 218 valence electrons. The van der Waals surface area contributed by atoms with Gasteiger partial charge in [-0.15, -0.1) is 0 Å². The molecule has 0 unspecified atom stereocenters. The van der Waals surface area contributed by atoms with Gasteiger partial charge in [0, 0.05) is 32.6 Å². The highest BCUT2D eigenvalue weighted by molar-refractivity contribution is 7.89. The maximum Gasteiger partial charge on any atom is 0.261 e. The van der Waals surface area contributed by atoms with Gasteiger partial charge in [-0.2, -0.15) is 4.31 Å². The third kappa shape index (κ3) is 8.12. The number of likely N-dealkylation sites (N-methyl/N-ethyl adjacent to an activating group) is 1. The Morgan fingerprint density at radius 3 is 2.27 bits per heavy atom. The number of rotatable bonds is 12. The van der Waals surface area contributed by atoms with E-state index in [1.54, 1.807) is 19.1 Å². The van der Waals surface area contributed by atoms with E-state index in [1.807, 2.05) is 30.3 Å². The lowest BCUT2D eigenvalue weighted by Gasteiger charge is -2.31. The lowest BCUT2D eigenvalue weighted by Crippen LogP contribution is -2.51. The summed E-state index contributed by atoms with van der Waals surface area (Å²) in [4.78, 5) is 28.3. The zero-order chi connectivity index (χ0) is 29.2. The number of hydrogen-bond donors (Lipinski definition) is 1. The highest BCUT2D eigenvalue weighted by Gasteiger charge is 2.31. The number of nitrogens with zero attached hydrogens (tertiary/aromatic N) is 2. The molecule has 0 bridgehead atoms. The zero-order valence-electron chi connectivity index (χ0n) is 22.9. The monoisotopic (exact) mass is 583 g/mol. The van der Waals surface area contributed by atoms with E-state index in [2.05, 4.69) is 5.32 Å². The summed E-state index contributed by atoms with van der Waals surface area (Å²) in [5.41, 5.74) is 1.53. The molecule has 1 aliphatic heterocycles. The number of sulfonamides is 1. The van der Waals surface area contributed by atoms with Crippen molar-refractivity contribution in [3.05, 3.63) is 95.8 Å². The van der Waals surface area contributed by atoms with Crippen LogP contribution < -0.4 is 10.1 Å². The average Bonchev–Trinajstić information content (AvgIpc) is 3.00. The van der Waals surface area contributed by atoms with Gasteiger partial charge < -0.3 is 19.7 Å². The number of carbonyl (C=O) groups excluding carboxylic acids is 2. The molecule has 3 aromatic rings. The van der Waals surface area contributed by atoms with Gasteiger partial charge in [0.05, 0.1) is 18.1 Å². The van der Waals surface area contributed by atoms with E-state index >= 15 is 0 Å². The second-order valence-corrected chi connectivity index (χ2v) is 11.5. The van der Waals surface area contributed by atoms with Crippen LogP contribution in [0.4, 0.5) is 4.39 Å². The van der Waals surface area contributed by atoms with Crippen LogP contribution >= 0.6 is 0 Å². The summed E-state index contributed by atoms with van der Waals surface area (Å²) in [6.07, 6.45) is 0.272. The van der Waals surface area contributed by atoms with Gasteiger partial charge in [0.2, 0.25) is 15.9 Å². The van der Waals surface area contributed by atoms with E-state index in [1.165, 1.54) is 45.6 Å². The Bertz CT molecular complexity index is 1400. The van der Waals surface area contributed by atoms with E-state index in [0.717, 1.165) is 5.56 Å². The minimum absolute atomic E-state index is 0.0633. The fourth-order valence-electron chi connectivity index (χ4n) is 4.50. The first kappa shape index (κ1) is 30.2. The Morgan fingerprint density at radius 1 is 0.976 bits per heavy atom. The zero-order valence-corrected chi connectivity index (χ0v) is 23.7. The number of carbonyl (C=O) groups is 2. The molecule has 4 rings (SSSR count). The van der Waals surface area contributed by atoms with E-state index in [0.29, 0.717) is 31.1 Å². The predicted molar refractivity (Wildman–Crippen MR) is 151 cm³/mol. The van der Waals surface area contributed by atoms with Gasteiger partial charge in [0.25, 0.3) is 5.91 Å². The van der Waals surface area contributed by atoms with Crippen molar-refractivity contribution >= 4 is 21.8 Å². The number of morpholine rings is 1. The van der Waals surface area contributed by atoms with Crippen LogP contribution in [0.5, 0.6) is 5.75 Å². The molecule has 3 aromatic carbocycles. The first-order valence-electron chi connectivity index (χ1n) is 13.4. The van der Waals surface area contributed by atoms with Crippen LogP contribution in [0.1, 0.15) is 18.1 Å². The molecule has 0 saturated carbocycles. The summed E-state index contributed by atoms with van der Waals surface area (Å²) >= 11 is 0. The molecule has 1 aliphatic rings. The highest BCUT2D eigenvalue weighted by Crippen LogP contribution is 2.21. The van der Waals surface area contributed by atoms with Crippen molar-refractivity contribution in [1.29, 1.82) is 0 Å². The molecule has 41 heavy (non-hydrogen) atoms. The van der Waals surface area contributed by atoms with E-state index in [4.69, 9.17) is 9.47 Å².